The lowest BCUT2D eigenvalue weighted by molar-refractivity contribution is -0.120. The largest absolute Gasteiger partial charge is 0.370 e. The molecule has 0 aromatic heterocycles. The molecule has 1 aliphatic heterocycles. The number of amides is 3. The van der Waals surface area contributed by atoms with Gasteiger partial charge in [-0.1, -0.05) is 29.3 Å². The third-order valence-electron chi connectivity index (χ3n) is 3.15. The molecule has 2 rings (SSSR count). The maximum Gasteiger partial charge on any atom is 0.251 e. The summed E-state index contributed by atoms with van der Waals surface area (Å²) in [5.41, 5.74) is 5.52. The molecule has 0 saturated carbocycles. The topological polar surface area (TPSA) is 114 Å². The van der Waals surface area contributed by atoms with Crippen LogP contribution in [0.4, 0.5) is 0 Å². The maximum absolute atomic E-state index is 12.0. The van der Waals surface area contributed by atoms with Gasteiger partial charge >= 0.3 is 0 Å². The number of carbonyl (C=O) groups excluding carboxylic acids is 3. The normalized spacial score (nSPS) is 16.7. The number of hydrogen-bond acceptors (Lipinski definition) is 4. The number of nitrogens with one attached hydrogen (secondary N) is 2. The number of nitrogens with zero attached hydrogens (tertiary/aromatic N) is 1. The third kappa shape index (κ3) is 4.67. The summed E-state index contributed by atoms with van der Waals surface area (Å²) in [6.07, 6.45) is 0.175. The molecular weight excluding hydrogens is 343 g/mol. The summed E-state index contributed by atoms with van der Waals surface area (Å²) in [4.78, 5) is 38.4. The molecule has 1 atom stereocenters. The molecule has 1 aliphatic rings. The maximum atomic E-state index is 12.0. The van der Waals surface area contributed by atoms with E-state index in [4.69, 9.17) is 28.9 Å². The van der Waals surface area contributed by atoms with Crippen LogP contribution in [0.5, 0.6) is 0 Å². The fraction of sp³-hybridized carbons (Fsp3) is 0.286. The zero-order valence-corrected chi connectivity index (χ0v) is 13.4. The molecule has 4 N–H and O–H groups in total. The molecule has 0 radical (unpaired) electrons. The Bertz CT molecular complexity index is 670. The van der Waals surface area contributed by atoms with E-state index in [1.807, 2.05) is 0 Å². The SMILES string of the molecule is NC(=O)CCC1N=C(NC(=O)Cc2c(Cl)cccc2Cl)NC1=O. The van der Waals surface area contributed by atoms with Gasteiger partial charge in [0.1, 0.15) is 6.04 Å². The van der Waals surface area contributed by atoms with Crippen molar-refractivity contribution in [2.24, 2.45) is 10.7 Å². The van der Waals surface area contributed by atoms with Crippen molar-refractivity contribution >= 4 is 46.9 Å². The third-order valence-corrected chi connectivity index (χ3v) is 3.86. The van der Waals surface area contributed by atoms with Crippen LogP contribution in [-0.4, -0.2) is 29.7 Å². The quantitative estimate of drug-likeness (QED) is 0.723. The van der Waals surface area contributed by atoms with Gasteiger partial charge in [0.2, 0.25) is 17.8 Å². The van der Waals surface area contributed by atoms with E-state index in [0.29, 0.717) is 15.6 Å². The number of benzene rings is 1. The van der Waals surface area contributed by atoms with Gasteiger partial charge in [-0.2, -0.15) is 0 Å². The fourth-order valence-corrected chi connectivity index (χ4v) is 2.55. The van der Waals surface area contributed by atoms with Crippen LogP contribution in [-0.2, 0) is 20.8 Å². The highest BCUT2D eigenvalue weighted by molar-refractivity contribution is 6.36. The Labute approximate surface area is 142 Å². The number of nitrogens with two attached hydrogens (primary N) is 1. The lowest BCUT2D eigenvalue weighted by atomic mass is 10.1. The van der Waals surface area contributed by atoms with Gasteiger partial charge in [0.25, 0.3) is 5.91 Å². The molecule has 3 amide bonds. The van der Waals surface area contributed by atoms with Crippen LogP contribution in [0.25, 0.3) is 0 Å². The van der Waals surface area contributed by atoms with Crippen LogP contribution >= 0.6 is 23.2 Å². The highest BCUT2D eigenvalue weighted by Gasteiger charge is 2.27. The van der Waals surface area contributed by atoms with Gasteiger partial charge in [-0.05, 0) is 24.1 Å². The van der Waals surface area contributed by atoms with E-state index in [1.165, 1.54) is 0 Å². The van der Waals surface area contributed by atoms with Crippen LogP contribution in [0.3, 0.4) is 0 Å². The molecular formula is C14H14Cl2N4O3. The van der Waals surface area contributed by atoms with Crippen molar-refractivity contribution in [3.05, 3.63) is 33.8 Å². The van der Waals surface area contributed by atoms with E-state index in [1.54, 1.807) is 18.2 Å². The van der Waals surface area contributed by atoms with Crippen molar-refractivity contribution in [2.75, 3.05) is 0 Å². The molecule has 9 heteroatoms. The van der Waals surface area contributed by atoms with Gasteiger partial charge in [-0.15, -0.1) is 0 Å². The van der Waals surface area contributed by atoms with Crippen molar-refractivity contribution in [3.8, 4) is 0 Å². The van der Waals surface area contributed by atoms with E-state index in [2.05, 4.69) is 15.6 Å². The van der Waals surface area contributed by atoms with Gasteiger partial charge in [0.15, 0.2) is 0 Å². The second-order valence-corrected chi connectivity index (χ2v) is 5.73. The zero-order chi connectivity index (χ0) is 17.0. The summed E-state index contributed by atoms with van der Waals surface area (Å²) >= 11 is 12.0. The highest BCUT2D eigenvalue weighted by Crippen LogP contribution is 2.24. The van der Waals surface area contributed by atoms with Crippen molar-refractivity contribution in [1.82, 2.24) is 10.6 Å². The molecule has 0 spiro atoms. The average Bonchev–Trinajstić information content (AvgIpc) is 2.80. The van der Waals surface area contributed by atoms with Crippen molar-refractivity contribution in [2.45, 2.75) is 25.3 Å². The summed E-state index contributed by atoms with van der Waals surface area (Å²) in [5.74, 6) is -1.29. The van der Waals surface area contributed by atoms with E-state index in [9.17, 15) is 14.4 Å². The number of aliphatic imine (C=N–C) groups is 1. The Balaban J connectivity index is 1.96. The molecule has 0 aliphatic carbocycles. The predicted molar refractivity (Wildman–Crippen MR) is 86.1 cm³/mol. The van der Waals surface area contributed by atoms with E-state index >= 15 is 0 Å². The number of carbonyl (C=O) groups is 3. The Hall–Kier alpha value is -2.12. The van der Waals surface area contributed by atoms with E-state index in [0.717, 1.165) is 0 Å². The number of halogens is 2. The Morgan fingerprint density at radius 2 is 1.96 bits per heavy atom. The molecule has 1 heterocycles. The molecule has 0 fully saturated rings. The van der Waals surface area contributed by atoms with E-state index < -0.39 is 23.8 Å². The molecule has 7 nitrogen and oxygen atoms in total. The van der Waals surface area contributed by atoms with Crippen molar-refractivity contribution in [3.63, 3.8) is 0 Å². The van der Waals surface area contributed by atoms with Crippen molar-refractivity contribution < 1.29 is 14.4 Å². The molecule has 0 bridgehead atoms. The summed E-state index contributed by atoms with van der Waals surface area (Å²) in [6.45, 7) is 0. The first-order valence-corrected chi connectivity index (χ1v) is 7.52. The lowest BCUT2D eigenvalue weighted by Gasteiger charge is -2.07. The number of primary amides is 1. The summed E-state index contributed by atoms with van der Waals surface area (Å²) < 4.78 is 0. The fourth-order valence-electron chi connectivity index (χ4n) is 2.02. The van der Waals surface area contributed by atoms with Crippen LogP contribution in [0.1, 0.15) is 18.4 Å². The Kier molecular flexibility index (Phi) is 5.57. The van der Waals surface area contributed by atoms with Gasteiger partial charge in [-0.3, -0.25) is 25.0 Å². The number of rotatable bonds is 5. The summed E-state index contributed by atoms with van der Waals surface area (Å²) in [5, 5.41) is 5.67. The van der Waals surface area contributed by atoms with Crippen LogP contribution < -0.4 is 16.4 Å². The second-order valence-electron chi connectivity index (χ2n) is 4.91. The van der Waals surface area contributed by atoms with Gasteiger partial charge in [0.05, 0.1) is 6.42 Å². The minimum absolute atomic E-state index is 0.0395. The van der Waals surface area contributed by atoms with Gasteiger partial charge in [-0.25, -0.2) is 4.99 Å². The minimum atomic E-state index is -0.735. The van der Waals surface area contributed by atoms with Gasteiger partial charge < -0.3 is 5.73 Å². The predicted octanol–water partition coefficient (Wildman–Crippen LogP) is 0.772. The molecule has 122 valence electrons. The Morgan fingerprint density at radius 1 is 1.30 bits per heavy atom. The zero-order valence-electron chi connectivity index (χ0n) is 11.9. The molecule has 1 unspecified atom stereocenters. The van der Waals surface area contributed by atoms with E-state index in [-0.39, 0.29) is 25.2 Å². The van der Waals surface area contributed by atoms with Crippen LogP contribution in [0, 0.1) is 0 Å². The highest BCUT2D eigenvalue weighted by atomic mass is 35.5. The van der Waals surface area contributed by atoms with Gasteiger partial charge in [0, 0.05) is 16.5 Å². The van der Waals surface area contributed by atoms with Crippen LogP contribution in [0.2, 0.25) is 10.0 Å². The second kappa shape index (κ2) is 7.43. The molecule has 1 aromatic carbocycles. The first kappa shape index (κ1) is 17.2. The molecule has 23 heavy (non-hydrogen) atoms. The minimum Gasteiger partial charge on any atom is -0.370 e. The first-order chi connectivity index (χ1) is 10.9. The molecule has 0 saturated heterocycles. The summed E-state index contributed by atoms with van der Waals surface area (Å²) in [7, 11) is 0. The monoisotopic (exact) mass is 356 g/mol. The summed E-state index contributed by atoms with van der Waals surface area (Å²) in [6, 6.07) is 4.20. The van der Waals surface area contributed by atoms with Crippen molar-refractivity contribution in [1.29, 1.82) is 0 Å². The first-order valence-electron chi connectivity index (χ1n) is 6.76. The average molecular weight is 357 g/mol. The lowest BCUT2D eigenvalue weighted by Crippen LogP contribution is -2.41. The smallest absolute Gasteiger partial charge is 0.251 e. The Morgan fingerprint density at radius 3 is 2.57 bits per heavy atom. The van der Waals surface area contributed by atoms with Crippen LogP contribution in [0.15, 0.2) is 23.2 Å². The number of guanidine groups is 1. The molecule has 1 aromatic rings. The number of hydrogen-bond donors (Lipinski definition) is 3. The standard InChI is InChI=1S/C14H14Cl2N4O3/c15-8-2-1-3-9(16)7(8)6-12(22)19-14-18-10(13(23)20-14)4-5-11(17)21/h1-3,10H,4-6H2,(H2,17,21)(H2,18,19,20,22,23).